The Labute approximate surface area is 176 Å². The van der Waals surface area contributed by atoms with Crippen LogP contribution in [0, 0.1) is 0 Å². The summed E-state index contributed by atoms with van der Waals surface area (Å²) < 4.78 is 0. The van der Waals surface area contributed by atoms with Crippen LogP contribution in [0.15, 0.2) is 97.6 Å². The minimum Gasteiger partial charge on any atom is -0.361 e. The summed E-state index contributed by atoms with van der Waals surface area (Å²) in [5.41, 5.74) is 6.75. The Hall–Kier alpha value is -3.99. The Morgan fingerprint density at radius 3 is 1.80 bits per heavy atom. The fourth-order valence-corrected chi connectivity index (χ4v) is 3.53. The lowest BCUT2D eigenvalue weighted by molar-refractivity contribution is 0.496. The second kappa shape index (κ2) is 7.79. The van der Waals surface area contributed by atoms with Crippen molar-refractivity contribution >= 4 is 5.69 Å². The maximum absolute atomic E-state index is 4.84. The topological polar surface area (TPSA) is 45.2 Å². The first kappa shape index (κ1) is 18.1. The van der Waals surface area contributed by atoms with E-state index < -0.39 is 0 Å². The first-order chi connectivity index (χ1) is 14.8. The molecule has 146 valence electrons. The smallest absolute Gasteiger partial charge is 0.0938 e. The number of rotatable bonds is 4. The van der Waals surface area contributed by atoms with Crippen LogP contribution in [0.4, 0.5) is 5.69 Å². The van der Waals surface area contributed by atoms with E-state index in [9.17, 15) is 0 Å². The van der Waals surface area contributed by atoms with Gasteiger partial charge in [0.2, 0.25) is 0 Å². The summed E-state index contributed by atoms with van der Waals surface area (Å²) in [5, 5.41) is 0. The van der Waals surface area contributed by atoms with Gasteiger partial charge < -0.3 is 9.80 Å². The fraction of sp³-hybridized carbons (Fsp3) is 0.0800. The van der Waals surface area contributed by atoms with Crippen molar-refractivity contribution in [2.24, 2.45) is 0 Å². The van der Waals surface area contributed by atoms with Crippen molar-refractivity contribution in [1.29, 1.82) is 0 Å². The molecule has 5 rings (SSSR count). The van der Waals surface area contributed by atoms with Gasteiger partial charge in [-0.25, -0.2) is 4.98 Å². The molecule has 0 aliphatic carbocycles. The SMILES string of the molecule is CN1C=CN(c2ccc(-c3cc(-c4ccccn4)nc(-c4ccccn4)c3)cc2)C1. The molecule has 1 aliphatic rings. The van der Waals surface area contributed by atoms with Crippen molar-refractivity contribution in [3.05, 3.63) is 97.6 Å². The lowest BCUT2D eigenvalue weighted by atomic mass is 10.0. The zero-order chi connectivity index (χ0) is 20.3. The maximum Gasteiger partial charge on any atom is 0.0938 e. The number of aromatic nitrogens is 3. The summed E-state index contributed by atoms with van der Waals surface area (Å²) in [5.74, 6) is 0. The highest BCUT2D eigenvalue weighted by Crippen LogP contribution is 2.30. The maximum atomic E-state index is 4.84. The van der Waals surface area contributed by atoms with Crippen molar-refractivity contribution in [2.45, 2.75) is 0 Å². The zero-order valence-electron chi connectivity index (χ0n) is 16.7. The number of anilines is 1. The highest BCUT2D eigenvalue weighted by atomic mass is 15.3. The Morgan fingerprint density at radius 2 is 1.30 bits per heavy atom. The number of hydrogen-bond acceptors (Lipinski definition) is 5. The van der Waals surface area contributed by atoms with E-state index in [-0.39, 0.29) is 0 Å². The summed E-state index contributed by atoms with van der Waals surface area (Å²) in [7, 11) is 2.07. The molecule has 1 aliphatic heterocycles. The van der Waals surface area contributed by atoms with Gasteiger partial charge in [-0.1, -0.05) is 24.3 Å². The van der Waals surface area contributed by atoms with Gasteiger partial charge in [0, 0.05) is 37.5 Å². The third-order valence-electron chi connectivity index (χ3n) is 5.09. The zero-order valence-corrected chi connectivity index (χ0v) is 16.7. The van der Waals surface area contributed by atoms with E-state index in [1.165, 1.54) is 5.69 Å². The van der Waals surface area contributed by atoms with Crippen LogP contribution in [0.1, 0.15) is 0 Å². The standard InChI is InChI=1S/C25H21N5/c1-29-14-15-30(18-29)21-10-8-19(9-11-21)20-16-24(22-6-2-4-12-26-22)28-25(17-20)23-7-3-5-13-27-23/h2-17H,18H2,1H3. The van der Waals surface area contributed by atoms with Gasteiger partial charge in [-0.2, -0.15) is 0 Å². The van der Waals surface area contributed by atoms with Gasteiger partial charge in [-0.05, 0) is 59.7 Å². The van der Waals surface area contributed by atoms with Gasteiger partial charge in [0.1, 0.15) is 0 Å². The van der Waals surface area contributed by atoms with Crippen LogP contribution in [0.5, 0.6) is 0 Å². The van der Waals surface area contributed by atoms with E-state index in [4.69, 9.17) is 4.98 Å². The lowest BCUT2D eigenvalue weighted by Gasteiger charge is -2.18. The first-order valence-corrected chi connectivity index (χ1v) is 9.87. The van der Waals surface area contributed by atoms with E-state index in [1.54, 1.807) is 12.4 Å². The summed E-state index contributed by atoms with van der Waals surface area (Å²) >= 11 is 0. The van der Waals surface area contributed by atoms with E-state index in [2.05, 4.69) is 75.6 Å². The predicted octanol–water partition coefficient (Wildman–Crippen LogP) is 5.05. The molecule has 0 saturated heterocycles. The molecule has 0 saturated carbocycles. The van der Waals surface area contributed by atoms with Crippen LogP contribution in [-0.2, 0) is 0 Å². The molecule has 0 unspecified atom stereocenters. The number of benzene rings is 1. The number of pyridine rings is 3. The van der Waals surface area contributed by atoms with Crippen LogP contribution in [0.2, 0.25) is 0 Å². The minimum absolute atomic E-state index is 0.835. The molecule has 5 heteroatoms. The van der Waals surface area contributed by atoms with E-state index in [0.717, 1.165) is 40.6 Å². The molecular weight excluding hydrogens is 370 g/mol. The van der Waals surface area contributed by atoms with Crippen LogP contribution in [-0.4, -0.2) is 33.6 Å². The van der Waals surface area contributed by atoms with Crippen molar-refractivity contribution < 1.29 is 0 Å². The highest BCUT2D eigenvalue weighted by Gasteiger charge is 2.13. The molecule has 0 atom stereocenters. The molecule has 0 fully saturated rings. The fourth-order valence-electron chi connectivity index (χ4n) is 3.53. The van der Waals surface area contributed by atoms with Crippen molar-refractivity contribution in [3.63, 3.8) is 0 Å². The van der Waals surface area contributed by atoms with E-state index in [0.29, 0.717) is 0 Å². The molecule has 0 spiro atoms. The average Bonchev–Trinajstić information content (AvgIpc) is 3.26. The Bertz CT molecular complexity index is 1110. The molecule has 4 heterocycles. The van der Waals surface area contributed by atoms with Crippen LogP contribution in [0.3, 0.4) is 0 Å². The minimum atomic E-state index is 0.835. The largest absolute Gasteiger partial charge is 0.361 e. The molecule has 5 nitrogen and oxygen atoms in total. The predicted molar refractivity (Wildman–Crippen MR) is 120 cm³/mol. The monoisotopic (exact) mass is 391 g/mol. The van der Waals surface area contributed by atoms with Crippen molar-refractivity contribution in [2.75, 3.05) is 18.6 Å². The first-order valence-electron chi connectivity index (χ1n) is 9.87. The van der Waals surface area contributed by atoms with Gasteiger partial charge in [-0.3, -0.25) is 9.97 Å². The summed E-state index contributed by atoms with van der Waals surface area (Å²) in [6, 6.07) is 24.5. The molecule has 30 heavy (non-hydrogen) atoms. The van der Waals surface area contributed by atoms with Gasteiger partial charge in [0.25, 0.3) is 0 Å². The number of hydrogen-bond donors (Lipinski definition) is 0. The van der Waals surface area contributed by atoms with Crippen molar-refractivity contribution in [3.8, 4) is 33.9 Å². The molecule has 0 bridgehead atoms. The molecule has 1 aromatic carbocycles. The lowest BCUT2D eigenvalue weighted by Crippen LogP contribution is -2.21. The number of nitrogens with zero attached hydrogens (tertiary/aromatic N) is 5. The van der Waals surface area contributed by atoms with E-state index >= 15 is 0 Å². The Kier molecular flexibility index (Phi) is 4.69. The molecule has 0 radical (unpaired) electrons. The third kappa shape index (κ3) is 3.65. The Morgan fingerprint density at radius 1 is 0.667 bits per heavy atom. The Balaban J connectivity index is 1.56. The van der Waals surface area contributed by atoms with Gasteiger partial charge in [0.15, 0.2) is 0 Å². The normalized spacial score (nSPS) is 13.1. The van der Waals surface area contributed by atoms with Crippen LogP contribution >= 0.6 is 0 Å². The average molecular weight is 391 g/mol. The van der Waals surface area contributed by atoms with Crippen molar-refractivity contribution in [1.82, 2.24) is 19.9 Å². The second-order valence-corrected chi connectivity index (χ2v) is 7.27. The molecule has 0 N–H and O–H groups in total. The van der Waals surface area contributed by atoms with Crippen LogP contribution in [0.25, 0.3) is 33.9 Å². The molecule has 4 aromatic rings. The molecule has 3 aromatic heterocycles. The summed E-state index contributed by atoms with van der Waals surface area (Å²) in [6.45, 7) is 0.863. The third-order valence-corrected chi connectivity index (χ3v) is 5.09. The highest BCUT2D eigenvalue weighted by molar-refractivity contribution is 5.75. The second-order valence-electron chi connectivity index (χ2n) is 7.27. The van der Waals surface area contributed by atoms with Gasteiger partial charge in [-0.15, -0.1) is 0 Å². The van der Waals surface area contributed by atoms with Gasteiger partial charge >= 0.3 is 0 Å². The summed E-state index contributed by atoms with van der Waals surface area (Å²) in [6.07, 6.45) is 7.76. The van der Waals surface area contributed by atoms with E-state index in [1.807, 2.05) is 36.4 Å². The summed E-state index contributed by atoms with van der Waals surface area (Å²) in [4.78, 5) is 18.2. The van der Waals surface area contributed by atoms with Gasteiger partial charge in [0.05, 0.1) is 29.4 Å². The molecule has 0 amide bonds. The molecular formula is C25H21N5. The van der Waals surface area contributed by atoms with Crippen LogP contribution < -0.4 is 4.90 Å². The quantitative estimate of drug-likeness (QED) is 0.487.